The molecule has 1 saturated carbocycles. The SMILES string of the molecule is CCCCN(C(=O)C1CC(OC)CN1)C1CC1. The zero-order chi connectivity index (χ0) is 12.3. The van der Waals surface area contributed by atoms with Gasteiger partial charge in [-0.3, -0.25) is 4.79 Å². The topological polar surface area (TPSA) is 41.6 Å². The first-order chi connectivity index (χ1) is 8.26. The molecule has 4 nitrogen and oxygen atoms in total. The second-order valence-corrected chi connectivity index (χ2v) is 5.17. The van der Waals surface area contributed by atoms with Crippen molar-refractivity contribution in [1.29, 1.82) is 0 Å². The lowest BCUT2D eigenvalue weighted by atomic mass is 10.1. The number of carbonyl (C=O) groups excluding carboxylic acids is 1. The molecule has 1 aliphatic heterocycles. The Balaban J connectivity index is 1.87. The van der Waals surface area contributed by atoms with Gasteiger partial charge in [-0.2, -0.15) is 0 Å². The lowest BCUT2D eigenvalue weighted by Crippen LogP contribution is -2.45. The van der Waals surface area contributed by atoms with Crippen molar-refractivity contribution in [1.82, 2.24) is 10.2 Å². The monoisotopic (exact) mass is 240 g/mol. The Morgan fingerprint density at radius 3 is 2.76 bits per heavy atom. The van der Waals surface area contributed by atoms with Gasteiger partial charge in [-0.15, -0.1) is 0 Å². The van der Waals surface area contributed by atoms with Crippen LogP contribution in [0.2, 0.25) is 0 Å². The van der Waals surface area contributed by atoms with E-state index in [0.717, 1.165) is 32.4 Å². The van der Waals surface area contributed by atoms with Crippen molar-refractivity contribution in [3.63, 3.8) is 0 Å². The zero-order valence-corrected chi connectivity index (χ0v) is 10.9. The third-order valence-corrected chi connectivity index (χ3v) is 3.75. The molecule has 0 aromatic heterocycles. The number of methoxy groups -OCH3 is 1. The molecule has 2 atom stereocenters. The van der Waals surface area contributed by atoms with Gasteiger partial charge in [-0.1, -0.05) is 13.3 Å². The average molecular weight is 240 g/mol. The number of unbranched alkanes of at least 4 members (excludes halogenated alkanes) is 1. The van der Waals surface area contributed by atoms with Gasteiger partial charge < -0.3 is 15.0 Å². The van der Waals surface area contributed by atoms with Gasteiger partial charge in [-0.25, -0.2) is 0 Å². The second-order valence-electron chi connectivity index (χ2n) is 5.17. The first-order valence-electron chi connectivity index (χ1n) is 6.83. The van der Waals surface area contributed by atoms with Gasteiger partial charge in [0.15, 0.2) is 0 Å². The third kappa shape index (κ3) is 3.19. The summed E-state index contributed by atoms with van der Waals surface area (Å²) < 4.78 is 5.30. The van der Waals surface area contributed by atoms with Gasteiger partial charge in [-0.05, 0) is 25.7 Å². The van der Waals surface area contributed by atoms with Crippen LogP contribution < -0.4 is 5.32 Å². The number of nitrogens with zero attached hydrogens (tertiary/aromatic N) is 1. The van der Waals surface area contributed by atoms with E-state index in [4.69, 9.17) is 4.74 Å². The second kappa shape index (κ2) is 5.83. The van der Waals surface area contributed by atoms with Crippen LogP contribution in [0.1, 0.15) is 39.0 Å². The van der Waals surface area contributed by atoms with Crippen molar-refractivity contribution in [2.45, 2.75) is 57.2 Å². The van der Waals surface area contributed by atoms with E-state index in [0.29, 0.717) is 11.9 Å². The van der Waals surface area contributed by atoms with Crippen LogP contribution >= 0.6 is 0 Å². The molecule has 1 N–H and O–H groups in total. The summed E-state index contributed by atoms with van der Waals surface area (Å²) >= 11 is 0. The van der Waals surface area contributed by atoms with Crippen molar-refractivity contribution >= 4 is 5.91 Å². The van der Waals surface area contributed by atoms with E-state index < -0.39 is 0 Å². The van der Waals surface area contributed by atoms with Crippen molar-refractivity contribution in [3.8, 4) is 0 Å². The predicted octanol–water partition coefficient (Wildman–Crippen LogP) is 1.15. The van der Waals surface area contributed by atoms with E-state index >= 15 is 0 Å². The van der Waals surface area contributed by atoms with E-state index in [-0.39, 0.29) is 12.1 Å². The zero-order valence-electron chi connectivity index (χ0n) is 10.9. The molecule has 0 bridgehead atoms. The van der Waals surface area contributed by atoms with Crippen LogP contribution in [0, 0.1) is 0 Å². The molecule has 2 aliphatic rings. The maximum Gasteiger partial charge on any atom is 0.240 e. The summed E-state index contributed by atoms with van der Waals surface area (Å²) in [5.74, 6) is 0.292. The summed E-state index contributed by atoms with van der Waals surface area (Å²) in [6.45, 7) is 3.90. The van der Waals surface area contributed by atoms with Crippen LogP contribution in [0.25, 0.3) is 0 Å². The minimum atomic E-state index is -0.0163. The van der Waals surface area contributed by atoms with Gasteiger partial charge in [0, 0.05) is 26.2 Å². The molecule has 2 fully saturated rings. The molecule has 0 aromatic rings. The summed E-state index contributed by atoms with van der Waals surface area (Å²) in [5, 5.41) is 3.28. The van der Waals surface area contributed by atoms with E-state index in [9.17, 15) is 4.79 Å². The van der Waals surface area contributed by atoms with Crippen molar-refractivity contribution in [2.75, 3.05) is 20.2 Å². The molecule has 4 heteroatoms. The highest BCUT2D eigenvalue weighted by molar-refractivity contribution is 5.83. The van der Waals surface area contributed by atoms with Crippen LogP contribution in [0.5, 0.6) is 0 Å². The summed E-state index contributed by atoms with van der Waals surface area (Å²) in [7, 11) is 1.72. The van der Waals surface area contributed by atoms with Crippen molar-refractivity contribution < 1.29 is 9.53 Å². The summed E-state index contributed by atoms with van der Waals surface area (Å²) in [4.78, 5) is 14.5. The highest BCUT2D eigenvalue weighted by Gasteiger charge is 2.38. The van der Waals surface area contributed by atoms with Crippen molar-refractivity contribution in [2.24, 2.45) is 0 Å². The summed E-state index contributed by atoms with van der Waals surface area (Å²) in [6.07, 6.45) is 5.67. The van der Waals surface area contributed by atoms with Crippen LogP contribution in [0.15, 0.2) is 0 Å². The smallest absolute Gasteiger partial charge is 0.240 e. The molecule has 1 saturated heterocycles. The molecule has 0 aromatic carbocycles. The first-order valence-corrected chi connectivity index (χ1v) is 6.83. The van der Waals surface area contributed by atoms with E-state index in [1.807, 2.05) is 0 Å². The summed E-state index contributed by atoms with van der Waals surface area (Å²) in [6, 6.07) is 0.509. The van der Waals surface area contributed by atoms with Gasteiger partial charge >= 0.3 is 0 Å². The van der Waals surface area contributed by atoms with Gasteiger partial charge in [0.2, 0.25) is 5.91 Å². The highest BCUT2D eigenvalue weighted by atomic mass is 16.5. The Morgan fingerprint density at radius 1 is 1.47 bits per heavy atom. The normalized spacial score (nSPS) is 28.4. The van der Waals surface area contributed by atoms with Gasteiger partial charge in [0.25, 0.3) is 0 Å². The fourth-order valence-corrected chi connectivity index (χ4v) is 2.46. The van der Waals surface area contributed by atoms with E-state index in [1.165, 1.54) is 12.8 Å². The molecule has 1 aliphatic carbocycles. The molecule has 98 valence electrons. The fraction of sp³-hybridized carbons (Fsp3) is 0.923. The lowest BCUT2D eigenvalue weighted by molar-refractivity contribution is -0.133. The van der Waals surface area contributed by atoms with Crippen LogP contribution in [0.3, 0.4) is 0 Å². The number of nitrogens with one attached hydrogen (secondary N) is 1. The molecular weight excluding hydrogens is 216 g/mol. The average Bonchev–Trinajstić information content (AvgIpc) is 3.06. The maximum atomic E-state index is 12.4. The van der Waals surface area contributed by atoms with E-state index in [2.05, 4.69) is 17.1 Å². The highest BCUT2D eigenvalue weighted by Crippen LogP contribution is 2.28. The van der Waals surface area contributed by atoms with Gasteiger partial charge in [0.1, 0.15) is 0 Å². The quantitative estimate of drug-likeness (QED) is 0.757. The number of amides is 1. The molecule has 17 heavy (non-hydrogen) atoms. The molecule has 0 spiro atoms. The molecule has 1 amide bonds. The third-order valence-electron chi connectivity index (χ3n) is 3.75. The Bertz CT molecular complexity index is 266. The Morgan fingerprint density at radius 2 is 2.24 bits per heavy atom. The van der Waals surface area contributed by atoms with Crippen molar-refractivity contribution in [3.05, 3.63) is 0 Å². The Hall–Kier alpha value is -0.610. The molecule has 1 heterocycles. The number of hydrogen-bond acceptors (Lipinski definition) is 3. The number of hydrogen-bond donors (Lipinski definition) is 1. The summed E-state index contributed by atoms with van der Waals surface area (Å²) in [5.41, 5.74) is 0. The fourth-order valence-electron chi connectivity index (χ4n) is 2.46. The molecule has 2 rings (SSSR count). The minimum absolute atomic E-state index is 0.0163. The van der Waals surface area contributed by atoms with Gasteiger partial charge in [0.05, 0.1) is 12.1 Å². The number of rotatable bonds is 6. The number of ether oxygens (including phenoxy) is 1. The predicted molar refractivity (Wildman–Crippen MR) is 66.8 cm³/mol. The minimum Gasteiger partial charge on any atom is -0.380 e. The van der Waals surface area contributed by atoms with Crippen LogP contribution in [-0.2, 0) is 9.53 Å². The Labute approximate surface area is 104 Å². The van der Waals surface area contributed by atoms with E-state index in [1.54, 1.807) is 7.11 Å². The Kier molecular flexibility index (Phi) is 4.40. The molecule has 0 radical (unpaired) electrons. The first kappa shape index (κ1) is 12.8. The maximum absolute atomic E-state index is 12.4. The van der Waals surface area contributed by atoms with Crippen LogP contribution in [0.4, 0.5) is 0 Å². The largest absolute Gasteiger partial charge is 0.380 e. The molecular formula is C13H24N2O2. The van der Waals surface area contributed by atoms with Crippen LogP contribution in [-0.4, -0.2) is 49.2 Å². The molecule has 2 unspecified atom stereocenters. The standard InChI is InChI=1S/C13H24N2O2/c1-3-4-7-15(10-5-6-10)13(16)12-8-11(17-2)9-14-12/h10-12,14H,3-9H2,1-2H3. The lowest BCUT2D eigenvalue weighted by Gasteiger charge is -2.25. The number of carbonyl (C=O) groups is 1.